The SMILES string of the molecule is Cc1cccn(CC(=O)NC(CCO)C2CC2)c1=O. The van der Waals surface area contributed by atoms with Gasteiger partial charge in [0.15, 0.2) is 0 Å². The van der Waals surface area contributed by atoms with Crippen LogP contribution in [0.1, 0.15) is 24.8 Å². The lowest BCUT2D eigenvalue weighted by Gasteiger charge is -2.17. The predicted octanol–water partition coefficient (Wildman–Crippen LogP) is 0.434. The Balaban J connectivity index is 1.96. The molecular weight excluding hydrogens is 244 g/mol. The average molecular weight is 264 g/mol. The molecule has 1 atom stereocenters. The first kappa shape index (κ1) is 13.8. The smallest absolute Gasteiger partial charge is 0.253 e. The standard InChI is InChI=1S/C14H20N2O3/c1-10-3-2-7-16(14(10)19)9-13(18)15-12(6-8-17)11-4-5-11/h2-3,7,11-12,17H,4-6,8-9H2,1H3,(H,15,18). The molecule has 5 heteroatoms. The summed E-state index contributed by atoms with van der Waals surface area (Å²) in [6.07, 6.45) is 4.41. The van der Waals surface area contributed by atoms with Crippen LogP contribution in [0.15, 0.2) is 23.1 Å². The maximum Gasteiger partial charge on any atom is 0.253 e. The molecule has 1 aliphatic carbocycles. The van der Waals surface area contributed by atoms with Crippen molar-refractivity contribution >= 4 is 5.91 Å². The minimum atomic E-state index is -0.168. The molecule has 1 aromatic heterocycles. The van der Waals surface area contributed by atoms with E-state index in [2.05, 4.69) is 5.32 Å². The number of amides is 1. The number of pyridine rings is 1. The summed E-state index contributed by atoms with van der Waals surface area (Å²) in [5.74, 6) is 0.323. The number of aromatic nitrogens is 1. The molecule has 0 radical (unpaired) electrons. The number of nitrogens with zero attached hydrogens (tertiary/aromatic N) is 1. The van der Waals surface area contributed by atoms with Gasteiger partial charge in [-0.25, -0.2) is 0 Å². The molecule has 0 spiro atoms. The molecule has 1 aromatic rings. The van der Waals surface area contributed by atoms with Crippen molar-refractivity contribution in [2.45, 2.75) is 38.8 Å². The molecular formula is C14H20N2O3. The minimum Gasteiger partial charge on any atom is -0.396 e. The molecule has 1 heterocycles. The largest absolute Gasteiger partial charge is 0.396 e. The normalized spacial score (nSPS) is 16.1. The molecule has 0 bridgehead atoms. The fourth-order valence-corrected chi connectivity index (χ4v) is 2.25. The van der Waals surface area contributed by atoms with Crippen molar-refractivity contribution < 1.29 is 9.90 Å². The maximum absolute atomic E-state index is 11.9. The van der Waals surface area contributed by atoms with Crippen molar-refractivity contribution in [2.75, 3.05) is 6.61 Å². The molecule has 1 amide bonds. The van der Waals surface area contributed by atoms with Crippen LogP contribution < -0.4 is 10.9 Å². The molecule has 0 aliphatic heterocycles. The fraction of sp³-hybridized carbons (Fsp3) is 0.571. The lowest BCUT2D eigenvalue weighted by Crippen LogP contribution is -2.40. The molecule has 1 unspecified atom stereocenters. The van der Waals surface area contributed by atoms with E-state index in [0.29, 0.717) is 17.9 Å². The Morgan fingerprint density at radius 2 is 2.32 bits per heavy atom. The van der Waals surface area contributed by atoms with E-state index in [9.17, 15) is 9.59 Å². The number of hydrogen-bond acceptors (Lipinski definition) is 3. The number of aliphatic hydroxyl groups excluding tert-OH is 1. The highest BCUT2D eigenvalue weighted by Gasteiger charge is 2.31. The van der Waals surface area contributed by atoms with Crippen molar-refractivity contribution in [3.63, 3.8) is 0 Å². The first-order valence-corrected chi connectivity index (χ1v) is 6.68. The van der Waals surface area contributed by atoms with Crippen LogP contribution in [-0.2, 0) is 11.3 Å². The lowest BCUT2D eigenvalue weighted by molar-refractivity contribution is -0.122. The van der Waals surface area contributed by atoms with E-state index in [1.807, 2.05) is 0 Å². The van der Waals surface area contributed by atoms with Gasteiger partial charge < -0.3 is 15.0 Å². The van der Waals surface area contributed by atoms with Gasteiger partial charge in [0.25, 0.3) is 5.56 Å². The molecule has 2 N–H and O–H groups in total. The van der Waals surface area contributed by atoms with Crippen LogP contribution in [0.4, 0.5) is 0 Å². The summed E-state index contributed by atoms with van der Waals surface area (Å²) in [5.41, 5.74) is 0.493. The summed E-state index contributed by atoms with van der Waals surface area (Å²) in [4.78, 5) is 23.7. The van der Waals surface area contributed by atoms with E-state index in [1.165, 1.54) is 4.57 Å². The van der Waals surface area contributed by atoms with Crippen LogP contribution in [0.3, 0.4) is 0 Å². The Bertz CT molecular complexity index is 506. The van der Waals surface area contributed by atoms with E-state index in [1.54, 1.807) is 25.3 Å². The van der Waals surface area contributed by atoms with Crippen LogP contribution >= 0.6 is 0 Å². The zero-order valence-electron chi connectivity index (χ0n) is 11.1. The van der Waals surface area contributed by atoms with Gasteiger partial charge in [-0.15, -0.1) is 0 Å². The zero-order valence-corrected chi connectivity index (χ0v) is 11.1. The van der Waals surface area contributed by atoms with E-state index in [4.69, 9.17) is 5.11 Å². The Morgan fingerprint density at radius 1 is 1.58 bits per heavy atom. The van der Waals surface area contributed by atoms with Gasteiger partial charge in [-0.3, -0.25) is 9.59 Å². The number of hydrogen-bond donors (Lipinski definition) is 2. The van der Waals surface area contributed by atoms with Crippen LogP contribution in [-0.4, -0.2) is 28.2 Å². The lowest BCUT2D eigenvalue weighted by atomic mass is 10.1. The van der Waals surface area contributed by atoms with Crippen molar-refractivity contribution in [1.29, 1.82) is 0 Å². The third kappa shape index (κ3) is 3.67. The molecule has 1 fully saturated rings. The van der Waals surface area contributed by atoms with Crippen LogP contribution in [0.25, 0.3) is 0 Å². The van der Waals surface area contributed by atoms with Gasteiger partial charge in [0.05, 0.1) is 0 Å². The second-order valence-electron chi connectivity index (χ2n) is 5.15. The summed E-state index contributed by atoms with van der Waals surface area (Å²) in [6.45, 7) is 1.84. The van der Waals surface area contributed by atoms with Crippen LogP contribution in [0.2, 0.25) is 0 Å². The van der Waals surface area contributed by atoms with Crippen LogP contribution in [0.5, 0.6) is 0 Å². The Kier molecular flexibility index (Phi) is 4.37. The number of carbonyl (C=O) groups excluding carboxylic acids is 1. The van der Waals surface area contributed by atoms with Crippen molar-refractivity contribution in [2.24, 2.45) is 5.92 Å². The Labute approximate surface area is 112 Å². The summed E-state index contributed by atoms with van der Waals surface area (Å²) >= 11 is 0. The van der Waals surface area contributed by atoms with Gasteiger partial charge >= 0.3 is 0 Å². The van der Waals surface area contributed by atoms with Gasteiger partial charge in [-0.2, -0.15) is 0 Å². The molecule has 1 saturated carbocycles. The summed E-state index contributed by atoms with van der Waals surface area (Å²) in [5, 5.41) is 11.9. The first-order valence-electron chi connectivity index (χ1n) is 6.68. The van der Waals surface area contributed by atoms with E-state index in [-0.39, 0.29) is 30.7 Å². The summed E-state index contributed by atoms with van der Waals surface area (Å²) in [7, 11) is 0. The molecule has 104 valence electrons. The number of carbonyl (C=O) groups is 1. The van der Waals surface area contributed by atoms with Crippen molar-refractivity contribution in [3.8, 4) is 0 Å². The molecule has 1 aliphatic rings. The summed E-state index contributed by atoms with van der Waals surface area (Å²) < 4.78 is 1.41. The first-order chi connectivity index (χ1) is 9.11. The van der Waals surface area contributed by atoms with Crippen LogP contribution in [0, 0.1) is 12.8 Å². The number of rotatable bonds is 6. The highest BCUT2D eigenvalue weighted by atomic mass is 16.3. The minimum absolute atomic E-state index is 0.0369. The predicted molar refractivity (Wildman–Crippen MR) is 71.8 cm³/mol. The second-order valence-corrected chi connectivity index (χ2v) is 5.15. The summed E-state index contributed by atoms with van der Waals surface area (Å²) in [6, 6.07) is 3.53. The van der Waals surface area contributed by atoms with Gasteiger partial charge in [-0.05, 0) is 38.2 Å². The molecule has 2 rings (SSSR count). The third-order valence-corrected chi connectivity index (χ3v) is 3.50. The highest BCUT2D eigenvalue weighted by Crippen LogP contribution is 2.33. The third-order valence-electron chi connectivity index (χ3n) is 3.50. The van der Waals surface area contributed by atoms with E-state index < -0.39 is 0 Å². The van der Waals surface area contributed by atoms with E-state index in [0.717, 1.165) is 12.8 Å². The monoisotopic (exact) mass is 264 g/mol. The molecule has 0 aromatic carbocycles. The fourth-order valence-electron chi connectivity index (χ4n) is 2.25. The van der Waals surface area contributed by atoms with E-state index >= 15 is 0 Å². The molecule has 5 nitrogen and oxygen atoms in total. The van der Waals surface area contributed by atoms with Gasteiger partial charge in [-0.1, -0.05) is 6.07 Å². The molecule has 0 saturated heterocycles. The quantitative estimate of drug-likeness (QED) is 0.783. The van der Waals surface area contributed by atoms with Gasteiger partial charge in [0, 0.05) is 24.4 Å². The number of aliphatic hydroxyl groups is 1. The number of aryl methyl sites for hydroxylation is 1. The Morgan fingerprint density at radius 3 is 2.95 bits per heavy atom. The van der Waals surface area contributed by atoms with Crippen molar-refractivity contribution in [1.82, 2.24) is 9.88 Å². The highest BCUT2D eigenvalue weighted by molar-refractivity contribution is 5.76. The molecule has 19 heavy (non-hydrogen) atoms. The zero-order chi connectivity index (χ0) is 13.8. The van der Waals surface area contributed by atoms with Gasteiger partial charge in [0.1, 0.15) is 6.54 Å². The topological polar surface area (TPSA) is 71.3 Å². The number of nitrogens with one attached hydrogen (secondary N) is 1. The van der Waals surface area contributed by atoms with Crippen molar-refractivity contribution in [3.05, 3.63) is 34.2 Å². The Hall–Kier alpha value is -1.62. The maximum atomic E-state index is 11.9. The average Bonchev–Trinajstić information content (AvgIpc) is 3.19. The van der Waals surface area contributed by atoms with Gasteiger partial charge in [0.2, 0.25) is 5.91 Å². The second kappa shape index (κ2) is 6.02.